The summed E-state index contributed by atoms with van der Waals surface area (Å²) in [6, 6.07) is 6.75. The van der Waals surface area contributed by atoms with Crippen molar-refractivity contribution in [1.29, 1.82) is 0 Å². The molecule has 1 aromatic carbocycles. The molecule has 5 nitrogen and oxygen atoms in total. The molecule has 2 rings (SSSR count). The van der Waals surface area contributed by atoms with Crippen molar-refractivity contribution in [3.8, 4) is 5.75 Å². The van der Waals surface area contributed by atoms with E-state index in [2.05, 4.69) is 9.71 Å². The van der Waals surface area contributed by atoms with Gasteiger partial charge in [-0.1, -0.05) is 0 Å². The Balaban J connectivity index is 2.44. The molecule has 0 saturated carbocycles. The lowest BCUT2D eigenvalue weighted by Crippen LogP contribution is -2.14. The van der Waals surface area contributed by atoms with Crippen LogP contribution in [0, 0.1) is 20.8 Å². The second-order valence-electron chi connectivity index (χ2n) is 4.88. The zero-order valence-corrected chi connectivity index (χ0v) is 13.3. The highest BCUT2D eigenvalue weighted by atomic mass is 32.2. The first-order chi connectivity index (χ1) is 9.83. The van der Waals surface area contributed by atoms with Gasteiger partial charge < -0.3 is 4.74 Å². The summed E-state index contributed by atoms with van der Waals surface area (Å²) >= 11 is 0. The van der Waals surface area contributed by atoms with Gasteiger partial charge in [-0.2, -0.15) is 0 Å². The van der Waals surface area contributed by atoms with E-state index in [4.69, 9.17) is 4.74 Å². The Hall–Kier alpha value is -2.08. The second kappa shape index (κ2) is 5.73. The highest BCUT2D eigenvalue weighted by Gasteiger charge is 2.20. The lowest BCUT2D eigenvalue weighted by atomic mass is 10.1. The first-order valence-electron chi connectivity index (χ1n) is 6.44. The molecule has 21 heavy (non-hydrogen) atoms. The fourth-order valence-corrected chi connectivity index (χ4v) is 3.15. The van der Waals surface area contributed by atoms with E-state index in [0.717, 1.165) is 16.8 Å². The number of anilines is 1. The maximum absolute atomic E-state index is 12.5. The number of aryl methyl sites for hydroxylation is 3. The minimum absolute atomic E-state index is 0.119. The molecule has 112 valence electrons. The number of ether oxygens (including phenoxy) is 1. The van der Waals surface area contributed by atoms with Crippen LogP contribution < -0.4 is 9.46 Å². The molecule has 1 aromatic heterocycles. The normalized spacial score (nSPS) is 11.2. The van der Waals surface area contributed by atoms with Crippen molar-refractivity contribution in [3.05, 3.63) is 47.3 Å². The van der Waals surface area contributed by atoms with Gasteiger partial charge in [0.05, 0.1) is 19.0 Å². The van der Waals surface area contributed by atoms with Crippen LogP contribution in [0.3, 0.4) is 0 Å². The molecule has 0 aliphatic carbocycles. The zero-order chi connectivity index (χ0) is 15.6. The third-order valence-electron chi connectivity index (χ3n) is 3.23. The Kier molecular flexibility index (Phi) is 4.18. The van der Waals surface area contributed by atoms with Gasteiger partial charge in [-0.3, -0.25) is 9.71 Å². The number of benzene rings is 1. The number of nitrogens with one attached hydrogen (secondary N) is 1. The van der Waals surface area contributed by atoms with Crippen molar-refractivity contribution < 1.29 is 13.2 Å². The summed E-state index contributed by atoms with van der Waals surface area (Å²) in [6.07, 6.45) is 1.49. The van der Waals surface area contributed by atoms with Crippen LogP contribution in [0.4, 0.5) is 5.69 Å². The first-order valence-corrected chi connectivity index (χ1v) is 7.92. The number of hydrogen-bond acceptors (Lipinski definition) is 4. The molecule has 2 aromatic rings. The number of rotatable bonds is 4. The summed E-state index contributed by atoms with van der Waals surface area (Å²) in [6.45, 7) is 5.61. The topological polar surface area (TPSA) is 68.3 Å². The molecule has 0 fully saturated rings. The summed E-state index contributed by atoms with van der Waals surface area (Å²) in [5.41, 5.74) is 3.10. The van der Waals surface area contributed by atoms with E-state index in [1.165, 1.54) is 13.3 Å². The molecule has 0 bridgehead atoms. The summed E-state index contributed by atoms with van der Waals surface area (Å²) in [7, 11) is -2.27. The van der Waals surface area contributed by atoms with Crippen LogP contribution in [-0.4, -0.2) is 20.5 Å². The molecular weight excluding hydrogens is 288 g/mol. The SMILES string of the molecule is COc1cc(C)c(C)cc1S(=O)(=O)Nc1ccc(C)nc1. The highest BCUT2D eigenvalue weighted by molar-refractivity contribution is 7.92. The van der Waals surface area contributed by atoms with E-state index in [9.17, 15) is 8.42 Å². The third kappa shape index (κ3) is 3.33. The molecule has 0 aliphatic rings. The molecule has 0 saturated heterocycles. The first kappa shape index (κ1) is 15.3. The van der Waals surface area contributed by atoms with Crippen molar-refractivity contribution in [2.75, 3.05) is 11.8 Å². The fraction of sp³-hybridized carbons (Fsp3) is 0.267. The second-order valence-corrected chi connectivity index (χ2v) is 6.53. The third-order valence-corrected chi connectivity index (χ3v) is 4.64. The van der Waals surface area contributed by atoms with Crippen molar-refractivity contribution in [1.82, 2.24) is 4.98 Å². The summed E-state index contributed by atoms with van der Waals surface area (Å²) in [5, 5.41) is 0. The molecule has 6 heteroatoms. The van der Waals surface area contributed by atoms with Crippen LogP contribution in [0.2, 0.25) is 0 Å². The standard InChI is InChI=1S/C15H18N2O3S/c1-10-7-14(20-4)15(8-11(10)2)21(18,19)17-13-6-5-12(3)16-9-13/h5-9,17H,1-4H3. The van der Waals surface area contributed by atoms with E-state index >= 15 is 0 Å². The van der Waals surface area contributed by atoms with Gasteiger partial charge in [0, 0.05) is 5.69 Å². The van der Waals surface area contributed by atoms with Crippen molar-refractivity contribution in [2.45, 2.75) is 25.7 Å². The molecule has 0 spiro atoms. The van der Waals surface area contributed by atoms with E-state index in [0.29, 0.717) is 11.4 Å². The number of hydrogen-bond donors (Lipinski definition) is 1. The Morgan fingerprint density at radius 1 is 1.10 bits per heavy atom. The van der Waals surface area contributed by atoms with Crippen LogP contribution in [0.5, 0.6) is 5.75 Å². The Morgan fingerprint density at radius 3 is 2.33 bits per heavy atom. The minimum Gasteiger partial charge on any atom is -0.495 e. The quantitative estimate of drug-likeness (QED) is 0.943. The van der Waals surface area contributed by atoms with Crippen molar-refractivity contribution in [2.24, 2.45) is 0 Å². The number of methoxy groups -OCH3 is 1. The highest BCUT2D eigenvalue weighted by Crippen LogP contribution is 2.28. The Bertz CT molecular complexity index is 753. The smallest absolute Gasteiger partial charge is 0.265 e. The van der Waals surface area contributed by atoms with Crippen molar-refractivity contribution >= 4 is 15.7 Å². The van der Waals surface area contributed by atoms with Crippen LogP contribution in [0.1, 0.15) is 16.8 Å². The van der Waals surface area contributed by atoms with Gasteiger partial charge in [-0.15, -0.1) is 0 Å². The number of aromatic nitrogens is 1. The number of pyridine rings is 1. The maximum Gasteiger partial charge on any atom is 0.265 e. The molecule has 1 N–H and O–H groups in total. The van der Waals surface area contributed by atoms with Gasteiger partial charge in [0.1, 0.15) is 10.6 Å². The fourth-order valence-electron chi connectivity index (χ4n) is 1.87. The van der Waals surface area contributed by atoms with E-state index in [-0.39, 0.29) is 4.90 Å². The zero-order valence-electron chi connectivity index (χ0n) is 12.5. The van der Waals surface area contributed by atoms with E-state index in [1.54, 1.807) is 24.3 Å². The molecule has 0 radical (unpaired) electrons. The number of nitrogens with zero attached hydrogens (tertiary/aromatic N) is 1. The number of sulfonamides is 1. The predicted octanol–water partition coefficient (Wildman–Crippen LogP) is 2.82. The Labute approximate surface area is 125 Å². The lowest BCUT2D eigenvalue weighted by Gasteiger charge is -2.13. The van der Waals surface area contributed by atoms with Gasteiger partial charge >= 0.3 is 0 Å². The van der Waals surface area contributed by atoms with Gasteiger partial charge in [0.25, 0.3) is 10.0 Å². The Morgan fingerprint density at radius 2 is 1.76 bits per heavy atom. The largest absolute Gasteiger partial charge is 0.495 e. The molecule has 0 aliphatic heterocycles. The molecule has 0 amide bonds. The average molecular weight is 306 g/mol. The molecule has 1 heterocycles. The van der Waals surface area contributed by atoms with Gasteiger partial charge in [-0.25, -0.2) is 8.42 Å². The monoisotopic (exact) mass is 306 g/mol. The van der Waals surface area contributed by atoms with Crippen LogP contribution in [0.15, 0.2) is 35.4 Å². The summed E-state index contributed by atoms with van der Waals surface area (Å²) in [4.78, 5) is 4.19. The van der Waals surface area contributed by atoms with Crippen LogP contribution in [-0.2, 0) is 10.0 Å². The van der Waals surface area contributed by atoms with E-state index < -0.39 is 10.0 Å². The maximum atomic E-state index is 12.5. The summed E-state index contributed by atoms with van der Waals surface area (Å²) < 4.78 is 32.7. The molecular formula is C15H18N2O3S. The van der Waals surface area contributed by atoms with Gasteiger partial charge in [-0.05, 0) is 56.2 Å². The molecule has 0 unspecified atom stereocenters. The minimum atomic E-state index is -3.72. The molecule has 0 atom stereocenters. The van der Waals surface area contributed by atoms with Crippen molar-refractivity contribution in [3.63, 3.8) is 0 Å². The predicted molar refractivity (Wildman–Crippen MR) is 82.3 cm³/mol. The van der Waals surface area contributed by atoms with Crippen LogP contribution in [0.25, 0.3) is 0 Å². The summed E-state index contributed by atoms with van der Waals surface area (Å²) in [5.74, 6) is 0.325. The van der Waals surface area contributed by atoms with Crippen LogP contribution >= 0.6 is 0 Å². The van der Waals surface area contributed by atoms with E-state index in [1.807, 2.05) is 20.8 Å². The van der Waals surface area contributed by atoms with Gasteiger partial charge in [0.2, 0.25) is 0 Å². The average Bonchev–Trinajstić information content (AvgIpc) is 2.43. The van der Waals surface area contributed by atoms with Gasteiger partial charge in [0.15, 0.2) is 0 Å². The lowest BCUT2D eigenvalue weighted by molar-refractivity contribution is 0.402.